The molecule has 2 rings (SSSR count). The first-order valence-electron chi connectivity index (χ1n) is 5.01. The van der Waals surface area contributed by atoms with Crippen molar-refractivity contribution in [2.75, 3.05) is 13.1 Å². The number of rotatable bonds is 2. The molecule has 0 radical (unpaired) electrons. The molecule has 0 bridgehead atoms. The van der Waals surface area contributed by atoms with Crippen LogP contribution in [0.2, 0.25) is 0 Å². The molecule has 5 heteroatoms. The van der Waals surface area contributed by atoms with Gasteiger partial charge in [-0.2, -0.15) is 0 Å². The van der Waals surface area contributed by atoms with Crippen LogP contribution in [0.4, 0.5) is 0 Å². The molecule has 2 atom stereocenters. The molecule has 1 aliphatic heterocycles. The Balaban J connectivity index is 2.12. The number of pyridine rings is 1. The van der Waals surface area contributed by atoms with E-state index in [4.69, 9.17) is 0 Å². The average Bonchev–Trinajstić information content (AvgIpc) is 2.29. The molecule has 0 saturated carbocycles. The quantitative estimate of drug-likeness (QED) is 0.843. The third-order valence-electron chi connectivity index (χ3n) is 2.45. The van der Waals surface area contributed by atoms with Crippen LogP contribution in [0, 0.1) is 0 Å². The van der Waals surface area contributed by atoms with E-state index in [1.807, 2.05) is 18.2 Å². The van der Waals surface area contributed by atoms with Gasteiger partial charge in [-0.1, -0.05) is 6.07 Å². The standard InChI is InChI=1S/C10H13BrN2OS/c11-9-4-1-5-10(13-9)15(14)8-3-2-6-12-7-8/h1,4-5,8,12H,2-3,6-7H2/t8-,15+/m1/s1. The first-order chi connectivity index (χ1) is 7.27. The molecule has 0 amide bonds. The third-order valence-corrected chi connectivity index (χ3v) is 4.54. The maximum absolute atomic E-state index is 12.1. The summed E-state index contributed by atoms with van der Waals surface area (Å²) in [4.78, 5) is 4.24. The van der Waals surface area contributed by atoms with Crippen LogP contribution >= 0.6 is 15.9 Å². The Morgan fingerprint density at radius 1 is 1.53 bits per heavy atom. The zero-order valence-electron chi connectivity index (χ0n) is 8.28. The van der Waals surface area contributed by atoms with Gasteiger partial charge in [0, 0.05) is 6.54 Å². The van der Waals surface area contributed by atoms with Crippen molar-refractivity contribution in [3.8, 4) is 0 Å². The van der Waals surface area contributed by atoms with E-state index in [1.165, 1.54) is 0 Å². The fourth-order valence-corrected chi connectivity index (χ4v) is 3.53. The lowest BCUT2D eigenvalue weighted by molar-refractivity contribution is 0.519. The van der Waals surface area contributed by atoms with Crippen LogP contribution in [0.5, 0.6) is 0 Å². The molecule has 15 heavy (non-hydrogen) atoms. The van der Waals surface area contributed by atoms with Crippen molar-refractivity contribution in [1.29, 1.82) is 0 Å². The fraction of sp³-hybridized carbons (Fsp3) is 0.500. The number of nitrogens with zero attached hydrogens (tertiary/aromatic N) is 1. The van der Waals surface area contributed by atoms with Crippen molar-refractivity contribution < 1.29 is 4.21 Å². The Bertz CT molecular complexity index is 366. The maximum atomic E-state index is 12.1. The summed E-state index contributed by atoms with van der Waals surface area (Å²) in [6, 6.07) is 5.55. The van der Waals surface area contributed by atoms with Gasteiger partial charge in [0.15, 0.2) is 0 Å². The molecule has 82 valence electrons. The molecule has 2 heterocycles. The Morgan fingerprint density at radius 2 is 2.40 bits per heavy atom. The highest BCUT2D eigenvalue weighted by Crippen LogP contribution is 2.17. The van der Waals surface area contributed by atoms with Gasteiger partial charge in [0.05, 0.1) is 16.0 Å². The van der Waals surface area contributed by atoms with Crippen LogP contribution in [0.25, 0.3) is 0 Å². The van der Waals surface area contributed by atoms with Gasteiger partial charge in [-0.3, -0.25) is 4.21 Å². The Kier molecular flexibility index (Phi) is 3.88. The van der Waals surface area contributed by atoms with E-state index in [2.05, 4.69) is 26.2 Å². The molecule has 0 spiro atoms. The summed E-state index contributed by atoms with van der Waals surface area (Å²) in [6.45, 7) is 1.88. The second-order valence-corrected chi connectivity index (χ2v) is 6.06. The van der Waals surface area contributed by atoms with Crippen molar-refractivity contribution in [3.63, 3.8) is 0 Å². The Morgan fingerprint density at radius 3 is 3.07 bits per heavy atom. The van der Waals surface area contributed by atoms with Crippen molar-refractivity contribution in [3.05, 3.63) is 22.8 Å². The Labute approximate surface area is 100 Å². The smallest absolute Gasteiger partial charge is 0.128 e. The van der Waals surface area contributed by atoms with E-state index in [0.717, 1.165) is 30.5 Å². The highest BCUT2D eigenvalue weighted by Gasteiger charge is 2.21. The number of halogens is 1. The average molecular weight is 289 g/mol. The highest BCUT2D eigenvalue weighted by molar-refractivity contribution is 9.10. The van der Waals surface area contributed by atoms with Crippen molar-refractivity contribution in [2.24, 2.45) is 0 Å². The molecule has 1 aromatic heterocycles. The van der Waals surface area contributed by atoms with Crippen molar-refractivity contribution in [1.82, 2.24) is 10.3 Å². The first kappa shape index (κ1) is 11.2. The summed E-state index contributed by atoms with van der Waals surface area (Å²) >= 11 is 3.29. The molecule has 3 nitrogen and oxygen atoms in total. The van der Waals surface area contributed by atoms with Gasteiger partial charge in [-0.25, -0.2) is 4.98 Å². The predicted octanol–water partition coefficient (Wildman–Crippen LogP) is 1.70. The van der Waals surface area contributed by atoms with Crippen LogP contribution in [-0.4, -0.2) is 27.5 Å². The normalized spacial score (nSPS) is 23.7. The summed E-state index contributed by atoms with van der Waals surface area (Å²) < 4.78 is 12.9. The predicted molar refractivity (Wildman–Crippen MR) is 64.2 cm³/mol. The highest BCUT2D eigenvalue weighted by atomic mass is 79.9. The lowest BCUT2D eigenvalue weighted by Gasteiger charge is -2.21. The monoisotopic (exact) mass is 288 g/mol. The van der Waals surface area contributed by atoms with Gasteiger partial charge < -0.3 is 5.32 Å². The number of nitrogens with one attached hydrogen (secondary N) is 1. The largest absolute Gasteiger partial charge is 0.316 e. The molecule has 1 aliphatic rings. The minimum absolute atomic E-state index is 0.209. The fourth-order valence-electron chi connectivity index (χ4n) is 1.68. The summed E-state index contributed by atoms with van der Waals surface area (Å²) in [5, 5.41) is 4.16. The van der Waals surface area contributed by atoms with Gasteiger partial charge in [-0.05, 0) is 47.4 Å². The lowest BCUT2D eigenvalue weighted by atomic mass is 10.2. The Hall–Kier alpha value is -0.260. The molecular formula is C10H13BrN2OS. The van der Waals surface area contributed by atoms with Crippen LogP contribution in [0.15, 0.2) is 27.8 Å². The van der Waals surface area contributed by atoms with E-state index in [-0.39, 0.29) is 5.25 Å². The van der Waals surface area contributed by atoms with Gasteiger partial charge in [0.1, 0.15) is 9.63 Å². The van der Waals surface area contributed by atoms with Gasteiger partial charge in [-0.15, -0.1) is 0 Å². The first-order valence-corrected chi connectivity index (χ1v) is 7.02. The minimum Gasteiger partial charge on any atom is -0.316 e. The summed E-state index contributed by atoms with van der Waals surface area (Å²) in [6.07, 6.45) is 2.12. The molecule has 1 N–H and O–H groups in total. The van der Waals surface area contributed by atoms with Gasteiger partial charge in [0.25, 0.3) is 0 Å². The third kappa shape index (κ3) is 2.86. The van der Waals surface area contributed by atoms with E-state index in [0.29, 0.717) is 5.03 Å². The van der Waals surface area contributed by atoms with Crippen LogP contribution in [0.3, 0.4) is 0 Å². The van der Waals surface area contributed by atoms with E-state index >= 15 is 0 Å². The minimum atomic E-state index is -0.984. The molecule has 0 aliphatic carbocycles. The number of hydrogen-bond acceptors (Lipinski definition) is 3. The molecule has 1 fully saturated rings. The van der Waals surface area contributed by atoms with Gasteiger partial charge >= 0.3 is 0 Å². The zero-order chi connectivity index (χ0) is 10.7. The van der Waals surface area contributed by atoms with E-state index in [9.17, 15) is 4.21 Å². The number of aromatic nitrogens is 1. The van der Waals surface area contributed by atoms with Crippen molar-refractivity contribution in [2.45, 2.75) is 23.1 Å². The SMILES string of the molecule is O=[S@](c1cccc(Br)n1)[C@@H]1CCCNC1. The van der Waals surface area contributed by atoms with Gasteiger partial charge in [0.2, 0.25) is 0 Å². The molecule has 0 unspecified atom stereocenters. The summed E-state index contributed by atoms with van der Waals surface area (Å²) in [5.41, 5.74) is 0. The molecule has 0 aromatic carbocycles. The topological polar surface area (TPSA) is 42.0 Å². The van der Waals surface area contributed by atoms with Crippen molar-refractivity contribution >= 4 is 26.7 Å². The maximum Gasteiger partial charge on any atom is 0.128 e. The van der Waals surface area contributed by atoms with E-state index in [1.54, 1.807) is 0 Å². The van der Waals surface area contributed by atoms with Crippen LogP contribution < -0.4 is 5.32 Å². The molecular weight excluding hydrogens is 276 g/mol. The molecule has 1 aromatic rings. The molecule has 1 saturated heterocycles. The van der Waals surface area contributed by atoms with Crippen LogP contribution in [-0.2, 0) is 10.8 Å². The van der Waals surface area contributed by atoms with Crippen LogP contribution in [0.1, 0.15) is 12.8 Å². The summed E-state index contributed by atoms with van der Waals surface area (Å²) in [5.74, 6) is 0. The second kappa shape index (κ2) is 5.18. The lowest BCUT2D eigenvalue weighted by Crippen LogP contribution is -2.36. The second-order valence-electron chi connectivity index (χ2n) is 3.56. The van der Waals surface area contributed by atoms with E-state index < -0.39 is 10.8 Å². The number of hydrogen-bond donors (Lipinski definition) is 1. The number of piperidine rings is 1. The summed E-state index contributed by atoms with van der Waals surface area (Å²) in [7, 11) is -0.984. The zero-order valence-corrected chi connectivity index (χ0v) is 10.7.